The Morgan fingerprint density at radius 3 is 2.31 bits per heavy atom. The van der Waals surface area contributed by atoms with E-state index in [9.17, 15) is 9.59 Å². The van der Waals surface area contributed by atoms with Crippen LogP contribution in [0.25, 0.3) is 0 Å². The van der Waals surface area contributed by atoms with E-state index in [1.54, 1.807) is 38.2 Å². The summed E-state index contributed by atoms with van der Waals surface area (Å²) in [5.74, 6) is 0.535. The van der Waals surface area contributed by atoms with Gasteiger partial charge >= 0.3 is 0 Å². The third kappa shape index (κ3) is 6.24. The van der Waals surface area contributed by atoms with Crippen LogP contribution in [0.2, 0.25) is 10.0 Å². The number of guanidine groups is 1. The number of carbonyl (C=O) groups excluding carboxylic acids is 2. The molecule has 1 aliphatic carbocycles. The average Bonchev–Trinajstić information content (AvgIpc) is 3.18. The zero-order chi connectivity index (χ0) is 21.4. The number of hydrogen-bond acceptors (Lipinski definition) is 3. The zero-order valence-corrected chi connectivity index (χ0v) is 18.7. The molecule has 0 aromatic heterocycles. The highest BCUT2D eigenvalue weighted by Crippen LogP contribution is 2.38. The number of aliphatic imine (C=N–C) groups is 1. The summed E-state index contributed by atoms with van der Waals surface area (Å²) in [5.41, 5.74) is 0.0793. The summed E-state index contributed by atoms with van der Waals surface area (Å²) < 4.78 is 0. The quantitative estimate of drug-likeness (QED) is 0.344. The molecule has 0 saturated heterocycles. The fourth-order valence-corrected chi connectivity index (χ4v) is 3.86. The molecule has 2 rings (SSSR count). The molecule has 3 N–H and O–H groups in total. The van der Waals surface area contributed by atoms with Crippen LogP contribution in [0.15, 0.2) is 23.2 Å². The summed E-state index contributed by atoms with van der Waals surface area (Å²) >= 11 is 11.8. The van der Waals surface area contributed by atoms with Crippen LogP contribution in [0.3, 0.4) is 0 Å². The molecule has 2 amide bonds. The lowest BCUT2D eigenvalue weighted by Crippen LogP contribution is -2.50. The van der Waals surface area contributed by atoms with Crippen LogP contribution in [-0.4, -0.2) is 63.5 Å². The Labute approximate surface area is 182 Å². The minimum absolute atomic E-state index is 0.159. The Morgan fingerprint density at radius 1 is 1.07 bits per heavy atom. The van der Waals surface area contributed by atoms with Crippen molar-refractivity contribution in [3.63, 3.8) is 0 Å². The molecule has 0 unspecified atom stereocenters. The number of hydrogen-bond donors (Lipinski definition) is 3. The largest absolute Gasteiger partial charge is 0.355 e. The van der Waals surface area contributed by atoms with Gasteiger partial charge in [-0.05, 0) is 31.0 Å². The van der Waals surface area contributed by atoms with Crippen molar-refractivity contribution in [3.8, 4) is 0 Å². The molecule has 0 atom stereocenters. The van der Waals surface area contributed by atoms with Crippen LogP contribution in [0.4, 0.5) is 0 Å². The Morgan fingerprint density at radius 2 is 1.72 bits per heavy atom. The van der Waals surface area contributed by atoms with Gasteiger partial charge in [-0.25, -0.2) is 0 Å². The molecule has 1 aliphatic rings. The fourth-order valence-electron chi connectivity index (χ4n) is 3.56. The Hall–Kier alpha value is -1.99. The second kappa shape index (κ2) is 10.7. The van der Waals surface area contributed by atoms with Gasteiger partial charge in [0, 0.05) is 46.3 Å². The zero-order valence-electron chi connectivity index (χ0n) is 17.1. The lowest BCUT2D eigenvalue weighted by atomic mass is 9.84. The Bertz CT molecular complexity index is 761. The van der Waals surface area contributed by atoms with E-state index in [1.165, 1.54) is 6.07 Å². The molecule has 0 spiro atoms. The van der Waals surface area contributed by atoms with Crippen LogP contribution in [0.5, 0.6) is 0 Å². The fraction of sp³-hybridized carbons (Fsp3) is 0.550. The van der Waals surface area contributed by atoms with Crippen molar-refractivity contribution < 1.29 is 9.59 Å². The van der Waals surface area contributed by atoms with Crippen molar-refractivity contribution >= 4 is 41.0 Å². The average molecular weight is 442 g/mol. The van der Waals surface area contributed by atoms with E-state index < -0.39 is 0 Å². The van der Waals surface area contributed by atoms with Crippen LogP contribution in [0, 0.1) is 5.41 Å². The van der Waals surface area contributed by atoms with Crippen molar-refractivity contribution in [1.82, 2.24) is 20.9 Å². The van der Waals surface area contributed by atoms with Gasteiger partial charge in [-0.1, -0.05) is 36.0 Å². The second-order valence-electron chi connectivity index (χ2n) is 7.42. The van der Waals surface area contributed by atoms with Gasteiger partial charge in [-0.2, -0.15) is 0 Å². The van der Waals surface area contributed by atoms with Gasteiger partial charge in [-0.3, -0.25) is 14.6 Å². The molecule has 0 aliphatic heterocycles. The minimum atomic E-state index is -0.372. The predicted molar refractivity (Wildman–Crippen MR) is 118 cm³/mol. The van der Waals surface area contributed by atoms with E-state index in [0.29, 0.717) is 41.2 Å². The summed E-state index contributed by atoms with van der Waals surface area (Å²) in [4.78, 5) is 30.7. The molecule has 0 heterocycles. The molecule has 1 fully saturated rings. The molecule has 7 nitrogen and oxygen atoms in total. The van der Waals surface area contributed by atoms with E-state index in [0.717, 1.165) is 25.7 Å². The topological polar surface area (TPSA) is 85.8 Å². The summed E-state index contributed by atoms with van der Waals surface area (Å²) in [7, 11) is 5.27. The third-order valence-corrected chi connectivity index (χ3v) is 5.86. The van der Waals surface area contributed by atoms with Crippen molar-refractivity contribution in [3.05, 3.63) is 33.8 Å². The SMILES string of the molecule is CN=C(NCCNC(=O)c1ccc(Cl)c(Cl)c1)NCC1(C(=O)N(C)C)CCCC1. The van der Waals surface area contributed by atoms with Gasteiger partial charge in [0.25, 0.3) is 5.91 Å². The number of amides is 2. The monoisotopic (exact) mass is 441 g/mol. The first kappa shape index (κ1) is 23.3. The summed E-state index contributed by atoms with van der Waals surface area (Å²) in [6, 6.07) is 4.76. The van der Waals surface area contributed by atoms with E-state index in [-0.39, 0.29) is 17.2 Å². The van der Waals surface area contributed by atoms with Crippen molar-refractivity contribution in [2.24, 2.45) is 10.4 Å². The minimum Gasteiger partial charge on any atom is -0.355 e. The maximum atomic E-state index is 12.6. The molecule has 1 aromatic carbocycles. The van der Waals surface area contributed by atoms with Crippen LogP contribution in [-0.2, 0) is 4.79 Å². The van der Waals surface area contributed by atoms with Gasteiger partial charge in [0.15, 0.2) is 5.96 Å². The van der Waals surface area contributed by atoms with Crippen LogP contribution >= 0.6 is 23.2 Å². The highest BCUT2D eigenvalue weighted by molar-refractivity contribution is 6.42. The number of nitrogens with one attached hydrogen (secondary N) is 3. The first-order chi connectivity index (χ1) is 13.8. The number of carbonyl (C=O) groups is 2. The first-order valence-corrected chi connectivity index (χ1v) is 10.4. The van der Waals surface area contributed by atoms with Gasteiger partial charge in [-0.15, -0.1) is 0 Å². The van der Waals surface area contributed by atoms with E-state index in [1.807, 2.05) is 0 Å². The maximum Gasteiger partial charge on any atom is 0.251 e. The second-order valence-corrected chi connectivity index (χ2v) is 8.24. The number of halogens is 2. The number of nitrogens with zero attached hydrogens (tertiary/aromatic N) is 2. The Balaban J connectivity index is 1.79. The molecular weight excluding hydrogens is 413 g/mol. The van der Waals surface area contributed by atoms with E-state index >= 15 is 0 Å². The maximum absolute atomic E-state index is 12.6. The lowest BCUT2D eigenvalue weighted by molar-refractivity contribution is -0.138. The highest BCUT2D eigenvalue weighted by atomic mass is 35.5. The molecule has 29 heavy (non-hydrogen) atoms. The standard InChI is InChI=1S/C20H29Cl2N5O2/c1-23-19(26-13-20(8-4-5-9-20)18(29)27(2)3)25-11-10-24-17(28)14-6-7-15(21)16(22)12-14/h6-7,12H,4-5,8-11,13H2,1-3H3,(H,24,28)(H2,23,25,26). The van der Waals surface area contributed by atoms with Crippen LogP contribution in [0.1, 0.15) is 36.0 Å². The number of rotatable bonds is 7. The third-order valence-electron chi connectivity index (χ3n) is 5.12. The van der Waals surface area contributed by atoms with Crippen molar-refractivity contribution in [1.29, 1.82) is 0 Å². The number of benzene rings is 1. The van der Waals surface area contributed by atoms with Gasteiger partial charge in [0.2, 0.25) is 5.91 Å². The molecule has 9 heteroatoms. The molecular formula is C20H29Cl2N5O2. The molecule has 1 aromatic rings. The summed E-state index contributed by atoms with van der Waals surface area (Å²) in [6.45, 7) is 1.43. The molecule has 0 radical (unpaired) electrons. The van der Waals surface area contributed by atoms with Crippen LogP contribution < -0.4 is 16.0 Å². The molecule has 1 saturated carbocycles. The highest BCUT2D eigenvalue weighted by Gasteiger charge is 2.42. The molecule has 160 valence electrons. The lowest BCUT2D eigenvalue weighted by Gasteiger charge is -2.31. The van der Waals surface area contributed by atoms with Gasteiger partial charge in [0.1, 0.15) is 0 Å². The van der Waals surface area contributed by atoms with Gasteiger partial charge < -0.3 is 20.9 Å². The smallest absolute Gasteiger partial charge is 0.251 e. The summed E-state index contributed by atoms with van der Waals surface area (Å²) in [6.07, 6.45) is 3.89. The summed E-state index contributed by atoms with van der Waals surface area (Å²) in [5, 5.41) is 9.99. The normalized spacial score (nSPS) is 15.7. The molecule has 0 bridgehead atoms. The van der Waals surface area contributed by atoms with Crippen molar-refractivity contribution in [2.75, 3.05) is 40.8 Å². The predicted octanol–water partition coefficient (Wildman–Crippen LogP) is 2.54. The van der Waals surface area contributed by atoms with E-state index in [4.69, 9.17) is 23.2 Å². The van der Waals surface area contributed by atoms with E-state index in [2.05, 4.69) is 20.9 Å². The Kier molecular flexibility index (Phi) is 8.59. The van der Waals surface area contributed by atoms with Crippen molar-refractivity contribution in [2.45, 2.75) is 25.7 Å². The van der Waals surface area contributed by atoms with Gasteiger partial charge in [0.05, 0.1) is 15.5 Å². The first-order valence-electron chi connectivity index (χ1n) is 9.68.